The molecule has 1 fully saturated rings. The van der Waals surface area contributed by atoms with Crippen LogP contribution >= 0.6 is 11.6 Å². The lowest BCUT2D eigenvalue weighted by molar-refractivity contribution is -0.137. The Labute approximate surface area is 120 Å². The molecule has 0 radical (unpaired) electrons. The quantitative estimate of drug-likeness (QED) is 0.927. The SMILES string of the molecule is O=C(O)CC(c1c(F)c(Cl)cc2c1OCCO2)C1CC1. The number of fused-ring (bicyclic) bond motifs is 1. The zero-order valence-corrected chi connectivity index (χ0v) is 11.5. The Bertz CT molecular complexity index is 557. The summed E-state index contributed by atoms with van der Waals surface area (Å²) >= 11 is 5.90. The molecule has 0 bridgehead atoms. The van der Waals surface area contributed by atoms with Gasteiger partial charge in [0.25, 0.3) is 0 Å². The fourth-order valence-corrected chi connectivity index (χ4v) is 2.88. The smallest absolute Gasteiger partial charge is 0.303 e. The summed E-state index contributed by atoms with van der Waals surface area (Å²) in [5, 5.41) is 9.00. The van der Waals surface area contributed by atoms with Gasteiger partial charge >= 0.3 is 5.97 Å². The van der Waals surface area contributed by atoms with E-state index in [2.05, 4.69) is 0 Å². The van der Waals surface area contributed by atoms with E-state index in [1.165, 1.54) is 6.07 Å². The van der Waals surface area contributed by atoms with E-state index in [0.717, 1.165) is 12.8 Å². The van der Waals surface area contributed by atoms with E-state index in [1.54, 1.807) is 0 Å². The van der Waals surface area contributed by atoms with Gasteiger partial charge in [-0.15, -0.1) is 0 Å². The molecular formula is C14H14ClFO4. The lowest BCUT2D eigenvalue weighted by Gasteiger charge is -2.25. The number of halogens is 2. The van der Waals surface area contributed by atoms with Crippen LogP contribution in [0.2, 0.25) is 5.02 Å². The highest BCUT2D eigenvalue weighted by molar-refractivity contribution is 6.31. The Hall–Kier alpha value is -1.49. The van der Waals surface area contributed by atoms with Gasteiger partial charge in [0.1, 0.15) is 19.0 Å². The molecule has 0 spiro atoms. The molecule has 1 aromatic rings. The third kappa shape index (κ3) is 2.42. The van der Waals surface area contributed by atoms with Crippen molar-refractivity contribution in [2.75, 3.05) is 13.2 Å². The average Bonchev–Trinajstić information content (AvgIpc) is 3.22. The molecular weight excluding hydrogens is 287 g/mol. The molecule has 4 nitrogen and oxygen atoms in total. The van der Waals surface area contributed by atoms with Crippen LogP contribution < -0.4 is 9.47 Å². The first-order valence-electron chi connectivity index (χ1n) is 6.57. The van der Waals surface area contributed by atoms with Crippen molar-refractivity contribution in [1.29, 1.82) is 0 Å². The highest BCUT2D eigenvalue weighted by atomic mass is 35.5. The molecule has 20 heavy (non-hydrogen) atoms. The Morgan fingerprint density at radius 2 is 2.15 bits per heavy atom. The lowest BCUT2D eigenvalue weighted by Crippen LogP contribution is -2.20. The molecule has 0 amide bonds. The standard InChI is InChI=1S/C14H14ClFO4/c15-9-6-10-14(20-4-3-19-10)12(13(9)16)8(5-11(17)18)7-1-2-7/h6-8H,1-5H2,(H,17,18). The number of rotatable bonds is 4. The van der Waals surface area contributed by atoms with Gasteiger partial charge in [-0.2, -0.15) is 0 Å². The van der Waals surface area contributed by atoms with Gasteiger partial charge in [0, 0.05) is 17.5 Å². The third-order valence-electron chi connectivity index (χ3n) is 3.72. The molecule has 1 heterocycles. The van der Waals surface area contributed by atoms with Crippen molar-refractivity contribution in [2.24, 2.45) is 5.92 Å². The van der Waals surface area contributed by atoms with Crippen molar-refractivity contribution >= 4 is 17.6 Å². The maximum absolute atomic E-state index is 14.4. The van der Waals surface area contributed by atoms with Crippen LogP contribution in [0.15, 0.2) is 6.07 Å². The van der Waals surface area contributed by atoms with E-state index >= 15 is 0 Å². The van der Waals surface area contributed by atoms with Crippen molar-refractivity contribution in [3.8, 4) is 11.5 Å². The first-order valence-corrected chi connectivity index (χ1v) is 6.95. The van der Waals surface area contributed by atoms with Gasteiger partial charge in [0.05, 0.1) is 11.4 Å². The molecule has 108 valence electrons. The van der Waals surface area contributed by atoms with Gasteiger partial charge in [0.15, 0.2) is 11.5 Å². The number of carboxylic acid groups (broad SMARTS) is 1. The molecule has 2 aliphatic rings. The summed E-state index contributed by atoms with van der Waals surface area (Å²) in [4.78, 5) is 11.1. The molecule has 1 saturated carbocycles. The summed E-state index contributed by atoms with van der Waals surface area (Å²) < 4.78 is 25.4. The van der Waals surface area contributed by atoms with Crippen LogP contribution in [-0.2, 0) is 4.79 Å². The third-order valence-corrected chi connectivity index (χ3v) is 3.99. The van der Waals surface area contributed by atoms with Crippen molar-refractivity contribution in [3.05, 3.63) is 22.5 Å². The van der Waals surface area contributed by atoms with Crippen molar-refractivity contribution < 1.29 is 23.8 Å². The molecule has 3 rings (SSSR count). The van der Waals surface area contributed by atoms with Crippen LogP contribution in [0.1, 0.15) is 30.7 Å². The van der Waals surface area contributed by atoms with E-state index in [4.69, 9.17) is 26.2 Å². The number of aliphatic carboxylic acids is 1. The van der Waals surface area contributed by atoms with Gasteiger partial charge in [-0.25, -0.2) is 4.39 Å². The predicted molar refractivity (Wildman–Crippen MR) is 70.1 cm³/mol. The maximum atomic E-state index is 14.4. The lowest BCUT2D eigenvalue weighted by atomic mass is 9.89. The van der Waals surface area contributed by atoms with E-state index < -0.39 is 17.7 Å². The minimum atomic E-state index is -0.952. The van der Waals surface area contributed by atoms with Crippen LogP contribution in [0.25, 0.3) is 0 Å². The molecule has 1 unspecified atom stereocenters. The fraction of sp³-hybridized carbons (Fsp3) is 0.500. The maximum Gasteiger partial charge on any atom is 0.303 e. The van der Waals surface area contributed by atoms with Crippen LogP contribution in [-0.4, -0.2) is 24.3 Å². The Balaban J connectivity index is 2.09. The highest BCUT2D eigenvalue weighted by Crippen LogP contribution is 2.51. The second-order valence-corrected chi connectivity index (χ2v) is 5.56. The fourth-order valence-electron chi connectivity index (χ4n) is 2.68. The Morgan fingerprint density at radius 1 is 1.45 bits per heavy atom. The second kappa shape index (κ2) is 5.13. The first-order chi connectivity index (χ1) is 9.58. The largest absolute Gasteiger partial charge is 0.486 e. The van der Waals surface area contributed by atoms with Crippen molar-refractivity contribution in [1.82, 2.24) is 0 Å². The monoisotopic (exact) mass is 300 g/mol. The van der Waals surface area contributed by atoms with Crippen molar-refractivity contribution in [3.63, 3.8) is 0 Å². The van der Waals surface area contributed by atoms with Gasteiger partial charge in [-0.3, -0.25) is 4.79 Å². The number of hydrogen-bond donors (Lipinski definition) is 1. The van der Waals surface area contributed by atoms with Crippen LogP contribution in [0.4, 0.5) is 4.39 Å². The Morgan fingerprint density at radius 3 is 2.80 bits per heavy atom. The van der Waals surface area contributed by atoms with E-state index in [1.807, 2.05) is 0 Å². The number of benzene rings is 1. The minimum absolute atomic E-state index is 0.0553. The Kier molecular flexibility index (Phi) is 3.46. The van der Waals surface area contributed by atoms with Gasteiger partial charge in [-0.1, -0.05) is 11.6 Å². The summed E-state index contributed by atoms with van der Waals surface area (Å²) in [6.45, 7) is 0.701. The van der Waals surface area contributed by atoms with Gasteiger partial charge in [-0.05, 0) is 18.8 Å². The normalized spacial score (nSPS) is 18.7. The summed E-state index contributed by atoms with van der Waals surface area (Å²) in [6, 6.07) is 1.39. The van der Waals surface area contributed by atoms with Crippen LogP contribution in [0, 0.1) is 11.7 Å². The zero-order valence-electron chi connectivity index (χ0n) is 10.7. The summed E-state index contributed by atoms with van der Waals surface area (Å²) in [5.41, 5.74) is 0.261. The molecule has 1 N–H and O–H groups in total. The topological polar surface area (TPSA) is 55.8 Å². The molecule has 0 saturated heterocycles. The number of carboxylic acids is 1. The molecule has 0 aromatic heterocycles. The van der Waals surface area contributed by atoms with Crippen molar-refractivity contribution in [2.45, 2.75) is 25.2 Å². The molecule has 1 aliphatic heterocycles. The van der Waals surface area contributed by atoms with Crippen LogP contribution in [0.3, 0.4) is 0 Å². The van der Waals surface area contributed by atoms with Crippen LogP contribution in [0.5, 0.6) is 11.5 Å². The summed E-state index contributed by atoms with van der Waals surface area (Å²) in [6.07, 6.45) is 1.68. The molecule has 6 heteroatoms. The molecule has 1 aliphatic carbocycles. The average molecular weight is 301 g/mol. The van der Waals surface area contributed by atoms with E-state index in [0.29, 0.717) is 24.7 Å². The highest BCUT2D eigenvalue weighted by Gasteiger charge is 2.39. The predicted octanol–water partition coefficient (Wildman–Crippen LogP) is 3.22. The number of ether oxygens (including phenoxy) is 2. The van der Waals surface area contributed by atoms with E-state index in [9.17, 15) is 9.18 Å². The summed E-state index contributed by atoms with van der Waals surface area (Å²) in [5.74, 6) is -1.07. The second-order valence-electron chi connectivity index (χ2n) is 5.15. The minimum Gasteiger partial charge on any atom is -0.486 e. The van der Waals surface area contributed by atoms with E-state index in [-0.39, 0.29) is 22.9 Å². The molecule has 1 atom stereocenters. The number of hydrogen-bond acceptors (Lipinski definition) is 3. The summed E-state index contributed by atoms with van der Waals surface area (Å²) in [7, 11) is 0. The molecule has 1 aromatic carbocycles. The van der Waals surface area contributed by atoms with Gasteiger partial charge in [0.2, 0.25) is 0 Å². The van der Waals surface area contributed by atoms with Gasteiger partial charge < -0.3 is 14.6 Å². The number of carbonyl (C=O) groups is 1. The first kappa shape index (κ1) is 13.5. The zero-order chi connectivity index (χ0) is 14.3.